The molecule has 0 N–H and O–H groups in total. The largest absolute Gasteiger partial charge is 0.497 e. The molecule has 0 aliphatic rings. The molecule has 2 aromatic rings. The van der Waals surface area contributed by atoms with Crippen LogP contribution in [0.25, 0.3) is 0 Å². The highest BCUT2D eigenvalue weighted by Gasteiger charge is 2.02. The van der Waals surface area contributed by atoms with E-state index in [9.17, 15) is 0 Å². The van der Waals surface area contributed by atoms with Crippen molar-refractivity contribution in [1.29, 1.82) is 0 Å². The van der Waals surface area contributed by atoms with Gasteiger partial charge in [0.15, 0.2) is 0 Å². The normalized spacial score (nSPS) is 10.6. The van der Waals surface area contributed by atoms with Crippen molar-refractivity contribution in [2.45, 2.75) is 19.1 Å². The third kappa shape index (κ3) is 3.70. The van der Waals surface area contributed by atoms with Crippen LogP contribution >= 0.6 is 22.9 Å². The van der Waals surface area contributed by atoms with Crippen molar-refractivity contribution >= 4 is 22.9 Å². The average molecular weight is 284 g/mol. The van der Waals surface area contributed by atoms with Gasteiger partial charge in [0.05, 0.1) is 31.9 Å². The minimum absolute atomic E-state index is 0.451. The van der Waals surface area contributed by atoms with Crippen LogP contribution in [0.5, 0.6) is 5.75 Å². The van der Waals surface area contributed by atoms with E-state index in [1.54, 1.807) is 18.4 Å². The molecule has 0 amide bonds. The van der Waals surface area contributed by atoms with Crippen LogP contribution in [0.3, 0.4) is 0 Å². The molecule has 3 nitrogen and oxygen atoms in total. The Labute approximate surface area is 115 Å². The molecular weight excluding hydrogens is 270 g/mol. The molecule has 0 spiro atoms. The molecule has 0 atom stereocenters. The molecule has 0 aliphatic heterocycles. The van der Waals surface area contributed by atoms with Crippen molar-refractivity contribution in [1.82, 2.24) is 4.98 Å². The smallest absolute Gasteiger partial charge is 0.119 e. The zero-order chi connectivity index (χ0) is 12.8. The Morgan fingerprint density at radius 1 is 1.33 bits per heavy atom. The molecule has 0 fully saturated rings. The molecule has 0 saturated heterocycles. The van der Waals surface area contributed by atoms with Gasteiger partial charge in [0.1, 0.15) is 10.8 Å². The summed E-state index contributed by atoms with van der Waals surface area (Å²) in [6.07, 6.45) is 0. The zero-order valence-electron chi connectivity index (χ0n) is 10.1. The van der Waals surface area contributed by atoms with Crippen LogP contribution in [0, 0.1) is 0 Å². The summed E-state index contributed by atoms with van der Waals surface area (Å²) >= 11 is 7.26. The molecule has 0 saturated carbocycles. The zero-order valence-corrected chi connectivity index (χ0v) is 11.6. The van der Waals surface area contributed by atoms with E-state index in [-0.39, 0.29) is 0 Å². The van der Waals surface area contributed by atoms with E-state index in [1.165, 1.54) is 0 Å². The van der Waals surface area contributed by atoms with Gasteiger partial charge in [-0.3, -0.25) is 0 Å². The standard InChI is InChI=1S/C13H14ClNO2S/c1-16-12-4-2-3-10(5-12)7-17-8-13-15-11(6-14)9-18-13/h2-5,9H,6-8H2,1H3. The molecule has 5 heteroatoms. The Kier molecular flexibility index (Phi) is 4.99. The fourth-order valence-corrected chi connectivity index (χ4v) is 2.45. The van der Waals surface area contributed by atoms with Crippen LogP contribution in [0.15, 0.2) is 29.6 Å². The van der Waals surface area contributed by atoms with Crippen LogP contribution < -0.4 is 4.74 Å². The van der Waals surface area contributed by atoms with Gasteiger partial charge in [0.25, 0.3) is 0 Å². The van der Waals surface area contributed by atoms with Gasteiger partial charge < -0.3 is 9.47 Å². The lowest BCUT2D eigenvalue weighted by Gasteiger charge is -2.04. The number of aromatic nitrogens is 1. The Morgan fingerprint density at radius 3 is 2.94 bits per heavy atom. The highest BCUT2D eigenvalue weighted by Crippen LogP contribution is 2.16. The molecule has 96 valence electrons. The van der Waals surface area contributed by atoms with Crippen molar-refractivity contribution in [3.8, 4) is 5.75 Å². The van der Waals surface area contributed by atoms with Crippen LogP contribution in [0.1, 0.15) is 16.3 Å². The summed E-state index contributed by atoms with van der Waals surface area (Å²) in [6.45, 7) is 1.06. The van der Waals surface area contributed by atoms with Gasteiger partial charge in [0.2, 0.25) is 0 Å². The molecule has 18 heavy (non-hydrogen) atoms. The van der Waals surface area contributed by atoms with Gasteiger partial charge in [-0.1, -0.05) is 12.1 Å². The molecule has 1 heterocycles. The summed E-state index contributed by atoms with van der Waals surface area (Å²) in [7, 11) is 1.66. The third-order valence-corrected chi connectivity index (χ3v) is 3.51. The predicted molar refractivity (Wildman–Crippen MR) is 73.2 cm³/mol. The van der Waals surface area contributed by atoms with E-state index < -0.39 is 0 Å². The van der Waals surface area contributed by atoms with Crippen molar-refractivity contribution in [2.75, 3.05) is 7.11 Å². The summed E-state index contributed by atoms with van der Waals surface area (Å²) in [5, 5.41) is 2.91. The van der Waals surface area contributed by atoms with Gasteiger partial charge in [-0.15, -0.1) is 22.9 Å². The maximum absolute atomic E-state index is 5.69. The van der Waals surface area contributed by atoms with Gasteiger partial charge in [-0.05, 0) is 17.7 Å². The van der Waals surface area contributed by atoms with Crippen molar-refractivity contribution in [3.05, 3.63) is 45.9 Å². The first-order chi connectivity index (χ1) is 8.81. The summed E-state index contributed by atoms with van der Waals surface area (Å²) in [4.78, 5) is 4.33. The van der Waals surface area contributed by atoms with Crippen LogP contribution in [0.2, 0.25) is 0 Å². The number of hydrogen-bond acceptors (Lipinski definition) is 4. The molecule has 0 aliphatic carbocycles. The minimum atomic E-state index is 0.451. The fraction of sp³-hybridized carbons (Fsp3) is 0.308. The number of hydrogen-bond donors (Lipinski definition) is 0. The van der Waals surface area contributed by atoms with Crippen LogP contribution in [-0.2, 0) is 23.8 Å². The summed E-state index contributed by atoms with van der Waals surface area (Å²) in [5.74, 6) is 1.29. The number of methoxy groups -OCH3 is 1. The second-order valence-corrected chi connectivity index (χ2v) is 4.92. The first kappa shape index (κ1) is 13.3. The lowest BCUT2D eigenvalue weighted by molar-refractivity contribution is 0.107. The van der Waals surface area contributed by atoms with E-state index in [0.29, 0.717) is 19.1 Å². The molecule has 0 unspecified atom stereocenters. The van der Waals surface area contributed by atoms with Gasteiger partial charge >= 0.3 is 0 Å². The SMILES string of the molecule is COc1cccc(COCc2nc(CCl)cs2)c1. The molecule has 0 radical (unpaired) electrons. The molecule has 1 aromatic heterocycles. The summed E-state index contributed by atoms with van der Waals surface area (Å²) < 4.78 is 10.8. The highest BCUT2D eigenvalue weighted by molar-refractivity contribution is 7.09. The van der Waals surface area contributed by atoms with E-state index in [1.807, 2.05) is 29.6 Å². The second-order valence-electron chi connectivity index (χ2n) is 3.71. The van der Waals surface area contributed by atoms with Gasteiger partial charge in [-0.2, -0.15) is 0 Å². The number of alkyl halides is 1. The Bertz CT molecular complexity index is 501. The lowest BCUT2D eigenvalue weighted by atomic mass is 10.2. The van der Waals surface area contributed by atoms with Crippen LogP contribution in [0.4, 0.5) is 0 Å². The van der Waals surface area contributed by atoms with E-state index in [2.05, 4.69) is 4.98 Å². The van der Waals surface area contributed by atoms with E-state index in [4.69, 9.17) is 21.1 Å². The highest BCUT2D eigenvalue weighted by atomic mass is 35.5. The summed E-state index contributed by atoms with van der Waals surface area (Å²) in [5.41, 5.74) is 1.99. The lowest BCUT2D eigenvalue weighted by Crippen LogP contribution is -1.94. The predicted octanol–water partition coefficient (Wildman–Crippen LogP) is 3.61. The van der Waals surface area contributed by atoms with Gasteiger partial charge in [0, 0.05) is 5.38 Å². The Morgan fingerprint density at radius 2 is 2.22 bits per heavy atom. The number of halogens is 1. The Hall–Kier alpha value is -1.10. The molecule has 0 bridgehead atoms. The minimum Gasteiger partial charge on any atom is -0.497 e. The Balaban J connectivity index is 1.84. The summed E-state index contributed by atoms with van der Waals surface area (Å²) in [6, 6.07) is 7.84. The first-order valence-corrected chi connectivity index (χ1v) is 6.93. The third-order valence-electron chi connectivity index (χ3n) is 2.36. The topological polar surface area (TPSA) is 31.4 Å². The number of nitrogens with zero attached hydrogens (tertiary/aromatic N) is 1. The average Bonchev–Trinajstić information content (AvgIpc) is 2.87. The molecular formula is C13H14ClNO2S. The number of benzene rings is 1. The molecule has 2 rings (SSSR count). The van der Waals surface area contributed by atoms with Crippen LogP contribution in [-0.4, -0.2) is 12.1 Å². The number of thiazole rings is 1. The fourth-order valence-electron chi connectivity index (χ4n) is 1.50. The first-order valence-electron chi connectivity index (χ1n) is 5.51. The second kappa shape index (κ2) is 6.73. The van der Waals surface area contributed by atoms with Gasteiger partial charge in [-0.25, -0.2) is 4.98 Å². The van der Waals surface area contributed by atoms with Crippen molar-refractivity contribution in [2.24, 2.45) is 0 Å². The monoisotopic (exact) mass is 283 g/mol. The maximum Gasteiger partial charge on any atom is 0.119 e. The van der Waals surface area contributed by atoms with E-state index >= 15 is 0 Å². The van der Waals surface area contributed by atoms with E-state index in [0.717, 1.165) is 22.0 Å². The van der Waals surface area contributed by atoms with Crippen molar-refractivity contribution in [3.63, 3.8) is 0 Å². The quantitative estimate of drug-likeness (QED) is 0.759. The number of rotatable bonds is 6. The number of ether oxygens (including phenoxy) is 2. The maximum atomic E-state index is 5.69. The molecule has 1 aromatic carbocycles. The van der Waals surface area contributed by atoms with Crippen molar-refractivity contribution < 1.29 is 9.47 Å².